The Morgan fingerprint density at radius 2 is 1.78 bits per heavy atom. The van der Waals surface area contributed by atoms with Crippen LogP contribution in [-0.4, -0.2) is 25.9 Å². The third kappa shape index (κ3) is 4.72. The maximum absolute atomic E-state index is 6.05. The number of para-hydroxylation sites is 1. The normalized spacial score (nSPS) is 23.0. The van der Waals surface area contributed by atoms with Gasteiger partial charge in [-0.15, -0.1) is 0 Å². The fourth-order valence-electron chi connectivity index (χ4n) is 4.53. The van der Waals surface area contributed by atoms with Gasteiger partial charge in [0.05, 0.1) is 12.7 Å². The molecule has 2 atom stereocenters. The fourth-order valence-corrected chi connectivity index (χ4v) is 4.53. The SMILES string of the molecule is COc1ccccc1[C@@]1(CCN[C@@H](C)c2ccccc2)CCOC(C)(C)C1. The van der Waals surface area contributed by atoms with Gasteiger partial charge in [-0.05, 0) is 58.2 Å². The minimum atomic E-state index is -0.121. The van der Waals surface area contributed by atoms with Gasteiger partial charge in [0.15, 0.2) is 0 Å². The quantitative estimate of drug-likeness (QED) is 0.724. The van der Waals surface area contributed by atoms with Crippen molar-refractivity contribution in [1.82, 2.24) is 5.32 Å². The highest BCUT2D eigenvalue weighted by Crippen LogP contribution is 2.46. The van der Waals surface area contributed by atoms with E-state index in [1.807, 2.05) is 0 Å². The number of hydrogen-bond acceptors (Lipinski definition) is 3. The van der Waals surface area contributed by atoms with Crippen LogP contribution >= 0.6 is 0 Å². The predicted molar refractivity (Wildman–Crippen MR) is 111 cm³/mol. The predicted octanol–water partition coefficient (Wildman–Crippen LogP) is 5.26. The maximum Gasteiger partial charge on any atom is 0.122 e. The van der Waals surface area contributed by atoms with Gasteiger partial charge in [0.1, 0.15) is 5.75 Å². The summed E-state index contributed by atoms with van der Waals surface area (Å²) in [5, 5.41) is 3.72. The van der Waals surface area contributed by atoms with Crippen LogP contribution < -0.4 is 10.1 Å². The van der Waals surface area contributed by atoms with Gasteiger partial charge in [-0.3, -0.25) is 0 Å². The molecule has 0 aliphatic carbocycles. The van der Waals surface area contributed by atoms with Gasteiger partial charge in [-0.1, -0.05) is 48.5 Å². The molecule has 146 valence electrons. The highest BCUT2D eigenvalue weighted by atomic mass is 16.5. The fraction of sp³-hybridized carbons (Fsp3) is 0.500. The molecule has 1 aliphatic heterocycles. The molecule has 1 heterocycles. The number of nitrogens with one attached hydrogen (secondary N) is 1. The van der Waals surface area contributed by atoms with E-state index in [1.54, 1.807) is 7.11 Å². The highest BCUT2D eigenvalue weighted by Gasteiger charge is 2.43. The van der Waals surface area contributed by atoms with Crippen molar-refractivity contribution in [1.29, 1.82) is 0 Å². The van der Waals surface area contributed by atoms with Crippen LogP contribution in [0.4, 0.5) is 0 Å². The molecule has 3 heteroatoms. The summed E-state index contributed by atoms with van der Waals surface area (Å²) in [6, 6.07) is 19.5. The Hall–Kier alpha value is -1.84. The molecule has 0 unspecified atom stereocenters. The largest absolute Gasteiger partial charge is 0.496 e. The van der Waals surface area contributed by atoms with Crippen LogP contribution in [0.15, 0.2) is 54.6 Å². The number of rotatable bonds is 7. The lowest BCUT2D eigenvalue weighted by Gasteiger charge is -2.46. The van der Waals surface area contributed by atoms with Gasteiger partial charge in [-0.25, -0.2) is 0 Å². The van der Waals surface area contributed by atoms with E-state index in [9.17, 15) is 0 Å². The molecule has 2 aromatic rings. The summed E-state index contributed by atoms with van der Waals surface area (Å²) in [7, 11) is 1.77. The van der Waals surface area contributed by atoms with Crippen molar-refractivity contribution in [2.45, 2.75) is 57.1 Å². The molecule has 1 aliphatic rings. The van der Waals surface area contributed by atoms with Crippen molar-refractivity contribution in [3.05, 3.63) is 65.7 Å². The van der Waals surface area contributed by atoms with Crippen molar-refractivity contribution in [2.75, 3.05) is 20.3 Å². The first-order valence-corrected chi connectivity index (χ1v) is 10.0. The van der Waals surface area contributed by atoms with Crippen molar-refractivity contribution >= 4 is 0 Å². The van der Waals surface area contributed by atoms with Crippen LogP contribution in [0.25, 0.3) is 0 Å². The molecule has 0 spiro atoms. The lowest BCUT2D eigenvalue weighted by atomic mass is 9.67. The zero-order valence-electron chi connectivity index (χ0n) is 17.1. The maximum atomic E-state index is 6.05. The standard InChI is InChI=1S/C24H33NO2/c1-19(20-10-6-5-7-11-20)25-16-14-24(15-17-27-23(2,3)18-24)21-12-8-9-13-22(21)26-4/h5-13,19,25H,14-18H2,1-4H3/t19-,24-/m0/s1. The molecule has 1 fully saturated rings. The second kappa shape index (κ2) is 8.45. The molecular weight excluding hydrogens is 334 g/mol. The van der Waals surface area contributed by atoms with E-state index in [0.717, 1.165) is 38.2 Å². The third-order valence-electron chi connectivity index (χ3n) is 5.87. The number of hydrogen-bond donors (Lipinski definition) is 1. The Morgan fingerprint density at radius 1 is 1.07 bits per heavy atom. The molecular formula is C24H33NO2. The average molecular weight is 368 g/mol. The average Bonchev–Trinajstić information content (AvgIpc) is 2.67. The van der Waals surface area contributed by atoms with Crippen LogP contribution in [-0.2, 0) is 10.2 Å². The summed E-state index contributed by atoms with van der Waals surface area (Å²) in [6.45, 7) is 8.40. The Bertz CT molecular complexity index is 728. The monoisotopic (exact) mass is 367 g/mol. The highest BCUT2D eigenvalue weighted by molar-refractivity contribution is 5.40. The Balaban J connectivity index is 1.79. The van der Waals surface area contributed by atoms with Crippen LogP contribution in [0.5, 0.6) is 5.75 Å². The molecule has 27 heavy (non-hydrogen) atoms. The van der Waals surface area contributed by atoms with Crippen molar-refractivity contribution in [2.24, 2.45) is 0 Å². The molecule has 1 N–H and O–H groups in total. The first-order valence-electron chi connectivity index (χ1n) is 10.0. The topological polar surface area (TPSA) is 30.5 Å². The minimum absolute atomic E-state index is 0.0672. The van der Waals surface area contributed by atoms with Crippen LogP contribution in [0, 0.1) is 0 Å². The van der Waals surface area contributed by atoms with E-state index in [1.165, 1.54) is 11.1 Å². The Labute approximate surface area is 164 Å². The minimum Gasteiger partial charge on any atom is -0.496 e. The number of ether oxygens (including phenoxy) is 2. The Morgan fingerprint density at radius 3 is 2.48 bits per heavy atom. The summed E-state index contributed by atoms with van der Waals surface area (Å²) in [5.74, 6) is 0.992. The first-order chi connectivity index (χ1) is 13.0. The van der Waals surface area contributed by atoms with Crippen molar-refractivity contribution in [3.8, 4) is 5.75 Å². The smallest absolute Gasteiger partial charge is 0.122 e. The molecule has 2 aromatic carbocycles. The van der Waals surface area contributed by atoms with Gasteiger partial charge in [0.25, 0.3) is 0 Å². The Kier molecular flexibility index (Phi) is 6.23. The van der Waals surface area contributed by atoms with Crippen LogP contribution in [0.1, 0.15) is 57.2 Å². The summed E-state index contributed by atoms with van der Waals surface area (Å²) < 4.78 is 11.8. The van der Waals surface area contributed by atoms with E-state index >= 15 is 0 Å². The van der Waals surface area contributed by atoms with Gasteiger partial charge < -0.3 is 14.8 Å². The summed E-state index contributed by atoms with van der Waals surface area (Å²) in [5.41, 5.74) is 2.59. The molecule has 0 amide bonds. The van der Waals surface area contributed by atoms with E-state index in [0.29, 0.717) is 6.04 Å². The summed E-state index contributed by atoms with van der Waals surface area (Å²) in [4.78, 5) is 0. The van der Waals surface area contributed by atoms with E-state index in [4.69, 9.17) is 9.47 Å². The summed E-state index contributed by atoms with van der Waals surface area (Å²) in [6.07, 6.45) is 3.09. The molecule has 3 nitrogen and oxygen atoms in total. The van der Waals surface area contributed by atoms with Gasteiger partial charge in [0.2, 0.25) is 0 Å². The lowest BCUT2D eigenvalue weighted by molar-refractivity contribution is -0.0843. The zero-order chi connectivity index (χ0) is 19.3. The van der Waals surface area contributed by atoms with Gasteiger partial charge in [-0.2, -0.15) is 0 Å². The zero-order valence-corrected chi connectivity index (χ0v) is 17.1. The van der Waals surface area contributed by atoms with Gasteiger partial charge >= 0.3 is 0 Å². The van der Waals surface area contributed by atoms with Crippen LogP contribution in [0.2, 0.25) is 0 Å². The van der Waals surface area contributed by atoms with Crippen molar-refractivity contribution < 1.29 is 9.47 Å². The third-order valence-corrected chi connectivity index (χ3v) is 5.87. The van der Waals surface area contributed by atoms with Gasteiger partial charge in [0, 0.05) is 23.6 Å². The number of methoxy groups -OCH3 is 1. The molecule has 3 rings (SSSR count). The summed E-state index contributed by atoms with van der Waals surface area (Å²) >= 11 is 0. The molecule has 1 saturated heterocycles. The second-order valence-electron chi connectivity index (χ2n) is 8.35. The second-order valence-corrected chi connectivity index (χ2v) is 8.35. The first kappa shape index (κ1) is 19.9. The number of benzene rings is 2. The lowest BCUT2D eigenvalue weighted by Crippen LogP contribution is -2.45. The molecule has 0 saturated carbocycles. The van der Waals surface area contributed by atoms with E-state index in [-0.39, 0.29) is 11.0 Å². The van der Waals surface area contributed by atoms with Crippen molar-refractivity contribution in [3.63, 3.8) is 0 Å². The van der Waals surface area contributed by atoms with Crippen LogP contribution in [0.3, 0.4) is 0 Å². The molecule has 0 radical (unpaired) electrons. The van der Waals surface area contributed by atoms with E-state index in [2.05, 4.69) is 80.7 Å². The molecule has 0 aromatic heterocycles. The molecule has 0 bridgehead atoms. The van der Waals surface area contributed by atoms with E-state index < -0.39 is 0 Å².